The number of halogens is 3. The predicted molar refractivity (Wildman–Crippen MR) is 184 cm³/mol. The van der Waals surface area contributed by atoms with Crippen molar-refractivity contribution in [2.24, 2.45) is 4.99 Å². The van der Waals surface area contributed by atoms with Crippen LogP contribution in [0.3, 0.4) is 0 Å². The Labute approximate surface area is 290 Å². The number of carbonyl (C=O) groups is 1. The highest BCUT2D eigenvalue weighted by Crippen LogP contribution is 2.41. The third-order valence-electron chi connectivity index (χ3n) is 7.16. The zero-order chi connectivity index (χ0) is 33.1. The van der Waals surface area contributed by atoms with E-state index in [0.717, 1.165) is 10.0 Å². The Morgan fingerprint density at radius 2 is 1.70 bits per heavy atom. The average Bonchev–Trinajstić information content (AvgIpc) is 3.33. The molecule has 4 aromatic rings. The van der Waals surface area contributed by atoms with Crippen LogP contribution in [0.15, 0.2) is 78.5 Å². The number of fused-ring (bicyclic) bond motifs is 1. The van der Waals surface area contributed by atoms with Crippen LogP contribution in [0.25, 0.3) is 6.08 Å². The molecule has 46 heavy (non-hydrogen) atoms. The van der Waals surface area contributed by atoms with Gasteiger partial charge >= 0.3 is 5.97 Å². The smallest absolute Gasteiger partial charge is 0.338 e. The lowest BCUT2D eigenvalue weighted by Gasteiger charge is -2.26. The second-order valence-electron chi connectivity index (χ2n) is 9.98. The quantitative estimate of drug-likeness (QED) is 0.168. The molecule has 1 aromatic heterocycles. The Morgan fingerprint density at radius 3 is 2.35 bits per heavy atom. The summed E-state index contributed by atoms with van der Waals surface area (Å²) in [6, 6.07) is 13.8. The molecule has 13 heteroatoms. The molecule has 0 saturated carbocycles. The molecule has 0 aliphatic carbocycles. The maximum absolute atomic E-state index is 14.2. The fourth-order valence-electron chi connectivity index (χ4n) is 5.02. The van der Waals surface area contributed by atoms with Gasteiger partial charge in [-0.1, -0.05) is 66.9 Å². The highest BCUT2D eigenvalue weighted by atomic mass is 79.9. The molecule has 1 aliphatic rings. The Morgan fingerprint density at radius 1 is 1.02 bits per heavy atom. The van der Waals surface area contributed by atoms with Crippen molar-refractivity contribution in [1.29, 1.82) is 0 Å². The average molecular weight is 793 g/mol. The van der Waals surface area contributed by atoms with Crippen LogP contribution in [-0.2, 0) is 16.1 Å². The molecular weight excluding hydrogens is 764 g/mol. The van der Waals surface area contributed by atoms with Crippen LogP contribution in [0.1, 0.15) is 36.6 Å². The lowest BCUT2D eigenvalue weighted by molar-refractivity contribution is -0.139. The lowest BCUT2D eigenvalue weighted by Crippen LogP contribution is -2.40. The van der Waals surface area contributed by atoms with Gasteiger partial charge in [-0.25, -0.2) is 9.79 Å². The largest absolute Gasteiger partial charge is 0.493 e. The maximum atomic E-state index is 14.2. The van der Waals surface area contributed by atoms with Gasteiger partial charge in [0.05, 0.1) is 54.8 Å². The topological polar surface area (TPSA) is 97.6 Å². The molecule has 0 saturated heterocycles. The SMILES string of the molecule is CCOC(=O)C1=C(C)N=c2s/c(=C\c3cc(Cl)c(OCc4ccc(Br)cc4)c(OC)c3)c(=O)n2[C@H]1c1cc(OC)c(OC)cc1Br. The number of hydrogen-bond acceptors (Lipinski definition) is 9. The second kappa shape index (κ2) is 14.5. The Bertz CT molecular complexity index is 2020. The number of allylic oxidation sites excluding steroid dienone is 1. The molecule has 0 N–H and O–H groups in total. The van der Waals surface area contributed by atoms with E-state index in [1.165, 1.54) is 37.2 Å². The van der Waals surface area contributed by atoms with Crippen molar-refractivity contribution in [3.63, 3.8) is 0 Å². The highest BCUT2D eigenvalue weighted by molar-refractivity contribution is 9.10. The molecule has 2 heterocycles. The number of benzene rings is 3. The lowest BCUT2D eigenvalue weighted by atomic mass is 9.95. The summed E-state index contributed by atoms with van der Waals surface area (Å²) < 4.78 is 31.5. The van der Waals surface area contributed by atoms with Gasteiger partial charge < -0.3 is 23.7 Å². The normalized spacial score (nSPS) is 14.4. The van der Waals surface area contributed by atoms with Gasteiger partial charge in [0, 0.05) is 8.95 Å². The predicted octanol–water partition coefficient (Wildman–Crippen LogP) is 6.58. The monoisotopic (exact) mass is 790 g/mol. The van der Waals surface area contributed by atoms with E-state index in [-0.39, 0.29) is 24.3 Å². The number of methoxy groups -OCH3 is 3. The fourth-order valence-corrected chi connectivity index (χ4v) is 7.14. The van der Waals surface area contributed by atoms with Crippen LogP contribution in [0, 0.1) is 0 Å². The number of hydrogen-bond donors (Lipinski definition) is 0. The fraction of sp³-hybridized carbons (Fsp3) is 0.242. The van der Waals surface area contributed by atoms with E-state index >= 15 is 0 Å². The first-order valence-corrected chi connectivity index (χ1v) is 16.7. The number of carbonyl (C=O) groups excluding carboxylic acids is 1. The Kier molecular flexibility index (Phi) is 10.6. The molecule has 3 aromatic carbocycles. The van der Waals surface area contributed by atoms with Crippen LogP contribution in [0.5, 0.6) is 23.0 Å². The minimum absolute atomic E-state index is 0.158. The Balaban J connectivity index is 1.62. The maximum Gasteiger partial charge on any atom is 0.338 e. The van der Waals surface area contributed by atoms with E-state index in [2.05, 4.69) is 36.9 Å². The van der Waals surface area contributed by atoms with Gasteiger partial charge in [0.1, 0.15) is 6.61 Å². The van der Waals surface area contributed by atoms with Crippen LogP contribution in [0.4, 0.5) is 0 Å². The molecule has 1 aliphatic heterocycles. The summed E-state index contributed by atoms with van der Waals surface area (Å²) in [6.07, 6.45) is 1.71. The summed E-state index contributed by atoms with van der Waals surface area (Å²) in [4.78, 5) is 32.6. The molecular formula is C33H29Br2ClN2O7S. The number of thiazole rings is 1. The van der Waals surface area contributed by atoms with Crippen molar-refractivity contribution >= 4 is 66.8 Å². The number of rotatable bonds is 10. The zero-order valence-corrected chi connectivity index (χ0v) is 30.2. The summed E-state index contributed by atoms with van der Waals surface area (Å²) in [5, 5.41) is 0.322. The van der Waals surface area contributed by atoms with Crippen molar-refractivity contribution in [3.8, 4) is 23.0 Å². The molecule has 0 radical (unpaired) electrons. The van der Waals surface area contributed by atoms with E-state index in [0.29, 0.717) is 58.7 Å². The molecule has 0 amide bonds. The van der Waals surface area contributed by atoms with E-state index in [1.54, 1.807) is 44.2 Å². The molecule has 0 fully saturated rings. The van der Waals surface area contributed by atoms with E-state index in [1.807, 2.05) is 24.3 Å². The van der Waals surface area contributed by atoms with Crippen LogP contribution >= 0.6 is 54.8 Å². The third kappa shape index (κ3) is 6.76. The van der Waals surface area contributed by atoms with Crippen molar-refractivity contribution < 1.29 is 28.5 Å². The molecule has 0 spiro atoms. The van der Waals surface area contributed by atoms with Crippen LogP contribution in [0.2, 0.25) is 5.02 Å². The van der Waals surface area contributed by atoms with Gasteiger partial charge in [0.25, 0.3) is 5.56 Å². The number of esters is 1. The summed E-state index contributed by atoms with van der Waals surface area (Å²) >= 11 is 14.9. The number of nitrogens with zero attached hydrogens (tertiary/aromatic N) is 2. The van der Waals surface area contributed by atoms with Gasteiger partial charge in [-0.15, -0.1) is 0 Å². The first-order chi connectivity index (χ1) is 22.1. The van der Waals surface area contributed by atoms with Gasteiger partial charge in [0.2, 0.25) is 0 Å². The van der Waals surface area contributed by atoms with Crippen LogP contribution < -0.4 is 33.8 Å². The number of ether oxygens (including phenoxy) is 5. The third-order valence-corrected chi connectivity index (χ3v) is 9.64. The van der Waals surface area contributed by atoms with E-state index in [4.69, 9.17) is 35.3 Å². The molecule has 5 rings (SSSR count). The first kappa shape index (κ1) is 33.8. The van der Waals surface area contributed by atoms with Crippen molar-refractivity contribution in [1.82, 2.24) is 4.57 Å². The van der Waals surface area contributed by atoms with Crippen LogP contribution in [-0.4, -0.2) is 38.5 Å². The second-order valence-corrected chi connectivity index (χ2v) is 13.2. The van der Waals surface area contributed by atoms with Crippen molar-refractivity contribution in [2.45, 2.75) is 26.5 Å². The van der Waals surface area contributed by atoms with Gasteiger partial charge in [-0.05, 0) is 73.0 Å². The standard InChI is InChI=1S/C33H29Br2ClN2O7S/c1-6-44-32(40)28-17(2)37-33-38(29(28)21-14-24(41-3)25(42-4)15-22(21)35)31(39)27(46-33)13-19-11-23(36)30(26(12-19)43-5)45-16-18-7-9-20(34)10-8-18/h7-15,29H,6,16H2,1-5H3/b27-13-/t29-/m0/s1. The summed E-state index contributed by atoms with van der Waals surface area (Å²) in [5.74, 6) is 1.15. The van der Waals surface area contributed by atoms with Crippen molar-refractivity contribution in [2.75, 3.05) is 27.9 Å². The number of aromatic nitrogens is 1. The molecule has 9 nitrogen and oxygen atoms in total. The molecule has 0 bridgehead atoms. The minimum Gasteiger partial charge on any atom is -0.493 e. The summed E-state index contributed by atoms with van der Waals surface area (Å²) in [7, 11) is 4.57. The van der Waals surface area contributed by atoms with Gasteiger partial charge in [-0.2, -0.15) is 0 Å². The molecule has 0 unspecified atom stereocenters. The van der Waals surface area contributed by atoms with E-state index < -0.39 is 12.0 Å². The van der Waals surface area contributed by atoms with Gasteiger partial charge in [-0.3, -0.25) is 9.36 Å². The minimum atomic E-state index is -0.862. The summed E-state index contributed by atoms with van der Waals surface area (Å²) in [5.41, 5.74) is 2.50. The first-order valence-electron chi connectivity index (χ1n) is 14.0. The Hall–Kier alpha value is -3.58. The molecule has 1 atom stereocenters. The van der Waals surface area contributed by atoms with E-state index in [9.17, 15) is 9.59 Å². The summed E-state index contributed by atoms with van der Waals surface area (Å²) in [6.45, 7) is 3.89. The van der Waals surface area contributed by atoms with Gasteiger partial charge in [0.15, 0.2) is 27.8 Å². The highest BCUT2D eigenvalue weighted by Gasteiger charge is 2.35. The zero-order valence-electron chi connectivity index (χ0n) is 25.5. The van der Waals surface area contributed by atoms with Crippen molar-refractivity contribution in [3.05, 3.63) is 110 Å². The molecule has 240 valence electrons.